The van der Waals surface area contributed by atoms with Crippen LogP contribution in [0.4, 0.5) is 0 Å². The highest BCUT2D eigenvalue weighted by atomic mass is 16.7. The fraction of sp³-hybridized carbons (Fsp3) is 0.772. The van der Waals surface area contributed by atoms with Gasteiger partial charge >= 0.3 is 5.97 Å². The summed E-state index contributed by atoms with van der Waals surface area (Å²) in [6.07, 6.45) is 38.1. The van der Waals surface area contributed by atoms with E-state index in [2.05, 4.69) is 86.8 Å². The molecule has 2 saturated heterocycles. The summed E-state index contributed by atoms with van der Waals surface area (Å²) in [7, 11) is 0. The van der Waals surface area contributed by atoms with Crippen LogP contribution in [0.5, 0.6) is 0 Å². The number of carbonyl (C=O) groups is 1. The lowest BCUT2D eigenvalue weighted by Crippen LogP contribution is -2.61. The second-order valence-electron chi connectivity index (χ2n) is 19.0. The average molecular weight is 1010 g/mol. The van der Waals surface area contributed by atoms with Crippen molar-refractivity contribution in [2.45, 2.75) is 248 Å². The zero-order valence-corrected chi connectivity index (χ0v) is 43.7. The molecule has 11 atom stereocenters. The molecule has 0 aromatic rings. The number of hydrogen-bond donors (Lipinski definition) is 7. The molecule has 2 rings (SSSR count). The van der Waals surface area contributed by atoms with Crippen LogP contribution >= 0.6 is 0 Å². The highest BCUT2D eigenvalue weighted by molar-refractivity contribution is 5.69. The summed E-state index contributed by atoms with van der Waals surface area (Å²) in [5, 5.41) is 72.3. The van der Waals surface area contributed by atoms with E-state index in [-0.39, 0.29) is 19.6 Å². The third-order valence-electron chi connectivity index (χ3n) is 12.7. The molecule has 14 nitrogen and oxygen atoms in total. The maximum atomic E-state index is 13.0. The number of rotatable bonds is 43. The zero-order valence-electron chi connectivity index (χ0n) is 43.7. The number of aliphatic hydroxyl groups is 7. The fourth-order valence-electron chi connectivity index (χ4n) is 8.25. The van der Waals surface area contributed by atoms with Gasteiger partial charge in [-0.25, -0.2) is 0 Å². The van der Waals surface area contributed by atoms with Crippen LogP contribution in [0.25, 0.3) is 0 Å². The molecule has 0 radical (unpaired) electrons. The van der Waals surface area contributed by atoms with E-state index in [1.807, 2.05) is 0 Å². The predicted molar refractivity (Wildman–Crippen MR) is 279 cm³/mol. The summed E-state index contributed by atoms with van der Waals surface area (Å²) in [4.78, 5) is 13.0. The number of carbonyl (C=O) groups excluding carboxylic acids is 1. The van der Waals surface area contributed by atoms with Crippen molar-refractivity contribution in [3.05, 3.63) is 72.9 Å². The highest BCUT2D eigenvalue weighted by Gasteiger charge is 2.47. The van der Waals surface area contributed by atoms with Gasteiger partial charge in [-0.05, 0) is 83.5 Å². The molecule has 14 heteroatoms. The molecule has 2 aliphatic heterocycles. The molecule has 410 valence electrons. The summed E-state index contributed by atoms with van der Waals surface area (Å²) < 4.78 is 34.3. The summed E-state index contributed by atoms with van der Waals surface area (Å²) in [6, 6.07) is 0. The van der Waals surface area contributed by atoms with E-state index in [0.717, 1.165) is 89.9 Å². The molecule has 11 unspecified atom stereocenters. The van der Waals surface area contributed by atoms with Gasteiger partial charge < -0.3 is 64.2 Å². The minimum atomic E-state index is -1.71. The van der Waals surface area contributed by atoms with Gasteiger partial charge in [0.1, 0.15) is 54.9 Å². The minimum Gasteiger partial charge on any atom is -0.457 e. The Morgan fingerprint density at radius 1 is 0.479 bits per heavy atom. The van der Waals surface area contributed by atoms with E-state index in [0.29, 0.717) is 13.0 Å². The number of ether oxygens (including phenoxy) is 6. The standard InChI is InChI=1S/C57H98O14/c1-3-5-7-9-11-13-15-17-19-21-22-23-25-27-29-31-33-35-37-39-41-66-43-46(69-49(59)40-38-36-34-32-30-28-26-24-20-18-16-14-12-10-8-6-4-2)44-67-56-55(65)53(63)51(61)48(71-56)45-68-57-54(64)52(62)50(60)47(42-58)70-57/h6,8,11-14,17-20,22-23,46-48,50-58,60-65H,3-5,7,9-10,15-16,21,24-45H2,1-2H3/b8-6-,13-11-,14-12-,19-17-,20-18-,23-22-. The molecule has 0 bridgehead atoms. The third kappa shape index (κ3) is 31.0. The molecule has 7 N–H and O–H groups in total. The van der Waals surface area contributed by atoms with Crippen LogP contribution in [-0.4, -0.2) is 142 Å². The molecular formula is C57H98O14. The lowest BCUT2D eigenvalue weighted by atomic mass is 9.98. The molecule has 0 aromatic heterocycles. The second-order valence-corrected chi connectivity index (χ2v) is 19.0. The van der Waals surface area contributed by atoms with Gasteiger partial charge in [0, 0.05) is 13.0 Å². The lowest BCUT2D eigenvalue weighted by molar-refractivity contribution is -0.332. The molecule has 2 fully saturated rings. The number of esters is 1. The number of allylic oxidation sites excluding steroid dienone is 12. The first kappa shape index (κ1) is 64.5. The van der Waals surface area contributed by atoms with E-state index < -0.39 is 86.7 Å². The Kier molecular flexibility index (Phi) is 39.8. The monoisotopic (exact) mass is 1010 g/mol. The van der Waals surface area contributed by atoms with Crippen molar-refractivity contribution in [3.63, 3.8) is 0 Å². The molecule has 0 amide bonds. The minimum absolute atomic E-state index is 0.0470. The van der Waals surface area contributed by atoms with Crippen molar-refractivity contribution in [2.75, 3.05) is 33.0 Å². The fourth-order valence-corrected chi connectivity index (χ4v) is 8.25. The van der Waals surface area contributed by atoms with Gasteiger partial charge in [-0.2, -0.15) is 0 Å². The summed E-state index contributed by atoms with van der Waals surface area (Å²) >= 11 is 0. The molecule has 0 saturated carbocycles. The van der Waals surface area contributed by atoms with Crippen molar-refractivity contribution < 1.29 is 69.0 Å². The molecule has 0 spiro atoms. The van der Waals surface area contributed by atoms with Crippen LogP contribution in [0, 0.1) is 0 Å². The summed E-state index contributed by atoms with van der Waals surface area (Å²) in [5.41, 5.74) is 0. The van der Waals surface area contributed by atoms with Crippen LogP contribution in [0.1, 0.15) is 181 Å². The number of aliphatic hydroxyl groups excluding tert-OH is 7. The lowest BCUT2D eigenvalue weighted by Gasteiger charge is -2.42. The Labute approximate surface area is 427 Å². The van der Waals surface area contributed by atoms with Crippen molar-refractivity contribution in [1.29, 1.82) is 0 Å². The van der Waals surface area contributed by atoms with E-state index >= 15 is 0 Å². The maximum Gasteiger partial charge on any atom is 0.306 e. The predicted octanol–water partition coefficient (Wildman–Crippen LogP) is 9.08. The Hall–Kier alpha value is -2.57. The van der Waals surface area contributed by atoms with Crippen LogP contribution in [-0.2, 0) is 33.2 Å². The van der Waals surface area contributed by atoms with Crippen molar-refractivity contribution in [3.8, 4) is 0 Å². The van der Waals surface area contributed by atoms with Gasteiger partial charge in [0.25, 0.3) is 0 Å². The first-order valence-electron chi connectivity index (χ1n) is 27.5. The summed E-state index contributed by atoms with van der Waals surface area (Å²) in [5.74, 6) is -0.392. The normalized spacial score (nSPS) is 25.9. The Morgan fingerprint density at radius 3 is 1.44 bits per heavy atom. The first-order valence-corrected chi connectivity index (χ1v) is 27.5. The SMILES string of the molecule is CC/C=C\C/C=C\C/C=C\CCCCCCCCCC(=O)OC(COCCCCCCCCC/C=C\C/C=C\C/C=C\CCCCC)COC1OC(COC2OC(CO)C(O)C(O)C2O)C(O)C(O)C1O. The first-order chi connectivity index (χ1) is 34.6. The molecule has 0 aliphatic carbocycles. The molecule has 2 aliphatic rings. The smallest absolute Gasteiger partial charge is 0.306 e. The van der Waals surface area contributed by atoms with Gasteiger partial charge in [0.05, 0.1) is 26.4 Å². The molecule has 71 heavy (non-hydrogen) atoms. The number of hydrogen-bond acceptors (Lipinski definition) is 14. The van der Waals surface area contributed by atoms with E-state index in [4.69, 9.17) is 28.4 Å². The van der Waals surface area contributed by atoms with Gasteiger partial charge in [0.15, 0.2) is 12.6 Å². The third-order valence-corrected chi connectivity index (χ3v) is 12.7. The van der Waals surface area contributed by atoms with Crippen LogP contribution in [0.3, 0.4) is 0 Å². The summed E-state index contributed by atoms with van der Waals surface area (Å²) in [6.45, 7) is 3.51. The van der Waals surface area contributed by atoms with E-state index in [1.54, 1.807) is 0 Å². The second kappa shape index (κ2) is 43.8. The molecule has 2 heterocycles. The van der Waals surface area contributed by atoms with Crippen molar-refractivity contribution in [1.82, 2.24) is 0 Å². The Morgan fingerprint density at radius 2 is 0.915 bits per heavy atom. The number of unbranched alkanes of at least 4 members (excludes halogenated alkanes) is 17. The van der Waals surface area contributed by atoms with Gasteiger partial charge in [-0.3, -0.25) is 4.79 Å². The highest BCUT2D eigenvalue weighted by Crippen LogP contribution is 2.26. The van der Waals surface area contributed by atoms with E-state index in [1.165, 1.54) is 64.2 Å². The topological polar surface area (TPSA) is 214 Å². The van der Waals surface area contributed by atoms with Gasteiger partial charge in [-0.15, -0.1) is 0 Å². The molecule has 0 aromatic carbocycles. The van der Waals surface area contributed by atoms with Crippen LogP contribution in [0.15, 0.2) is 72.9 Å². The van der Waals surface area contributed by atoms with Crippen molar-refractivity contribution >= 4 is 5.97 Å². The quantitative estimate of drug-likeness (QED) is 0.0173. The Bertz CT molecular complexity index is 1450. The van der Waals surface area contributed by atoms with E-state index in [9.17, 15) is 40.5 Å². The maximum absolute atomic E-state index is 13.0. The van der Waals surface area contributed by atoms with Crippen LogP contribution < -0.4 is 0 Å². The van der Waals surface area contributed by atoms with Crippen LogP contribution in [0.2, 0.25) is 0 Å². The molecular weight excluding hydrogens is 909 g/mol. The zero-order chi connectivity index (χ0) is 51.6. The van der Waals surface area contributed by atoms with Gasteiger partial charge in [0.2, 0.25) is 0 Å². The average Bonchev–Trinajstić information content (AvgIpc) is 3.37. The van der Waals surface area contributed by atoms with Crippen molar-refractivity contribution in [2.24, 2.45) is 0 Å². The largest absolute Gasteiger partial charge is 0.457 e. The van der Waals surface area contributed by atoms with Gasteiger partial charge in [-0.1, -0.05) is 164 Å². The Balaban J connectivity index is 1.75.